The molecule has 1 aliphatic rings. The van der Waals surface area contributed by atoms with Gasteiger partial charge in [0, 0.05) is 9.52 Å². The zero-order chi connectivity index (χ0) is 14.1. The van der Waals surface area contributed by atoms with Gasteiger partial charge in [-0.1, -0.05) is 47.7 Å². The van der Waals surface area contributed by atoms with Gasteiger partial charge in [0.1, 0.15) is 0 Å². The molecule has 0 spiro atoms. The van der Waals surface area contributed by atoms with Gasteiger partial charge in [-0.15, -0.1) is 31.2 Å². The first-order valence-electron chi connectivity index (χ1n) is 6.62. The standard InChI is InChI=1S/C9H13.C6H7.C2H7Si.2ClH.Zr/c1-6-5-7(2)9(4)8(6)3;1-6-4-2-3-5-6;1-3-2;;;/h5H,1-4H3;2,4H,3H2,1H3;3H,1-2H3;2*1H;/q2*-1;;;;+2. The summed E-state index contributed by atoms with van der Waals surface area (Å²) < 4.78 is 0. The third kappa shape index (κ3) is 12.7. The van der Waals surface area contributed by atoms with E-state index in [4.69, 9.17) is 0 Å². The van der Waals surface area contributed by atoms with E-state index in [0.29, 0.717) is 0 Å². The van der Waals surface area contributed by atoms with Gasteiger partial charge >= 0.3 is 26.2 Å². The van der Waals surface area contributed by atoms with Gasteiger partial charge in [-0.05, 0) is 0 Å². The molecule has 119 valence electrons. The summed E-state index contributed by atoms with van der Waals surface area (Å²) in [4.78, 5) is 0. The van der Waals surface area contributed by atoms with Crippen LogP contribution in [0.1, 0.15) is 35.6 Å². The molecule has 0 atom stereocenters. The zero-order valence-electron chi connectivity index (χ0n) is 14.3. The van der Waals surface area contributed by atoms with E-state index in [2.05, 4.69) is 72.0 Å². The monoisotopic (exact) mass is 421 g/mol. The first-order valence-corrected chi connectivity index (χ1v) is 8.93. The van der Waals surface area contributed by atoms with Crippen LogP contribution in [0.15, 0.2) is 23.8 Å². The van der Waals surface area contributed by atoms with E-state index in [1.807, 2.05) is 0 Å². The second-order valence-electron chi connectivity index (χ2n) is 4.80. The molecule has 1 radical (unpaired) electrons. The summed E-state index contributed by atoms with van der Waals surface area (Å²) in [5.41, 5.74) is 7.02. The van der Waals surface area contributed by atoms with Gasteiger partial charge in [0.2, 0.25) is 0 Å². The predicted molar refractivity (Wildman–Crippen MR) is 101 cm³/mol. The topological polar surface area (TPSA) is 0 Å². The summed E-state index contributed by atoms with van der Waals surface area (Å²) in [6.07, 6.45) is 8.33. The molecule has 0 amide bonds. The molecule has 1 aliphatic carbocycles. The summed E-state index contributed by atoms with van der Waals surface area (Å²) in [5, 5.41) is 0. The summed E-state index contributed by atoms with van der Waals surface area (Å²) in [5.74, 6) is 0. The first-order chi connectivity index (χ1) is 8.43. The molecule has 0 aliphatic heterocycles. The van der Waals surface area contributed by atoms with Gasteiger partial charge in [-0.2, -0.15) is 34.4 Å². The molecule has 2 rings (SSSR count). The van der Waals surface area contributed by atoms with Crippen LogP contribution in [0.25, 0.3) is 0 Å². The van der Waals surface area contributed by atoms with Gasteiger partial charge in [-0.25, -0.2) is 11.6 Å². The Morgan fingerprint density at radius 3 is 1.67 bits per heavy atom. The quantitative estimate of drug-likeness (QED) is 0.371. The van der Waals surface area contributed by atoms with Crippen molar-refractivity contribution in [2.45, 2.75) is 54.1 Å². The minimum Gasteiger partial charge on any atom is -0.270 e. The Bertz CT molecular complexity index is 395. The second-order valence-corrected chi connectivity index (χ2v) is 5.96. The molecule has 1 aromatic rings. The number of rotatable bonds is 0. The summed E-state index contributed by atoms with van der Waals surface area (Å²) >= 11 is 0. The number of hydrogen-bond acceptors (Lipinski definition) is 0. The molecule has 0 fully saturated rings. The Labute approximate surface area is 166 Å². The Hall–Kier alpha value is 0.510. The smallest absolute Gasteiger partial charge is 0.270 e. The van der Waals surface area contributed by atoms with Crippen LogP contribution < -0.4 is 0 Å². The molecule has 0 aromatic heterocycles. The Kier molecular flexibility index (Phi) is 23.7. The largest absolute Gasteiger partial charge is 2.00 e. The van der Waals surface area contributed by atoms with Crippen molar-refractivity contribution < 1.29 is 26.2 Å². The van der Waals surface area contributed by atoms with Crippen molar-refractivity contribution in [1.29, 1.82) is 0 Å². The average molecular weight is 424 g/mol. The fourth-order valence-corrected chi connectivity index (χ4v) is 1.65. The minimum absolute atomic E-state index is 0. The average Bonchev–Trinajstić information content (AvgIpc) is 2.86. The molecule has 0 saturated carbocycles. The Morgan fingerprint density at radius 2 is 1.57 bits per heavy atom. The van der Waals surface area contributed by atoms with Crippen molar-refractivity contribution >= 4 is 34.3 Å². The van der Waals surface area contributed by atoms with Crippen LogP contribution in [0.5, 0.6) is 0 Å². The van der Waals surface area contributed by atoms with Gasteiger partial charge in [0.05, 0.1) is 0 Å². The van der Waals surface area contributed by atoms with Crippen molar-refractivity contribution in [2.24, 2.45) is 0 Å². The zero-order valence-corrected chi connectivity index (χ0v) is 19.6. The van der Waals surface area contributed by atoms with Crippen molar-refractivity contribution in [2.75, 3.05) is 0 Å². The SMILES string of the molecule is CC1=[C-]CC=C1.C[SiH]C.Cc1c[c-](C)c(C)c1C.Cl.Cl.[Zr+2]. The van der Waals surface area contributed by atoms with E-state index >= 15 is 0 Å². The van der Waals surface area contributed by atoms with Crippen LogP contribution in [-0.4, -0.2) is 9.52 Å². The van der Waals surface area contributed by atoms with E-state index in [1.54, 1.807) is 0 Å². The molecule has 0 unspecified atom stereocenters. The van der Waals surface area contributed by atoms with Crippen LogP contribution in [0, 0.1) is 33.8 Å². The number of allylic oxidation sites excluding steroid dienone is 4. The van der Waals surface area contributed by atoms with E-state index in [9.17, 15) is 0 Å². The van der Waals surface area contributed by atoms with Crippen LogP contribution in [-0.2, 0) is 26.2 Å². The number of hydrogen-bond donors (Lipinski definition) is 0. The number of halogens is 2. The second kappa shape index (κ2) is 16.9. The Morgan fingerprint density at radius 1 is 1.10 bits per heavy atom. The molecular weight excluding hydrogens is 394 g/mol. The van der Waals surface area contributed by atoms with Gasteiger partial charge < -0.3 is 0 Å². The van der Waals surface area contributed by atoms with Gasteiger partial charge in [0.25, 0.3) is 0 Å². The third-order valence-electron chi connectivity index (χ3n) is 3.05. The molecule has 0 bridgehead atoms. The Balaban J connectivity index is -0.000000107. The van der Waals surface area contributed by atoms with E-state index < -0.39 is 0 Å². The maximum atomic E-state index is 3.12. The number of aryl methyl sites for hydroxylation is 2. The maximum absolute atomic E-state index is 3.12. The summed E-state index contributed by atoms with van der Waals surface area (Å²) in [7, 11) is 0.750. The van der Waals surface area contributed by atoms with Gasteiger partial charge in [-0.3, -0.25) is 6.08 Å². The van der Waals surface area contributed by atoms with Crippen LogP contribution >= 0.6 is 24.8 Å². The normalized spacial score (nSPS) is 10.5. The third-order valence-corrected chi connectivity index (χ3v) is 3.05. The van der Waals surface area contributed by atoms with Crippen molar-refractivity contribution in [3.8, 4) is 0 Å². The van der Waals surface area contributed by atoms with Crippen LogP contribution in [0.4, 0.5) is 0 Å². The fraction of sp³-hybridized carbons (Fsp3) is 0.471. The molecule has 0 N–H and O–H groups in total. The summed E-state index contributed by atoms with van der Waals surface area (Å²) in [6.45, 7) is 15.2. The van der Waals surface area contributed by atoms with E-state index in [1.165, 1.54) is 27.8 Å². The van der Waals surface area contributed by atoms with Crippen molar-refractivity contribution in [3.63, 3.8) is 0 Å². The summed E-state index contributed by atoms with van der Waals surface area (Å²) in [6, 6.07) is 2.24. The molecular formula is C17H29Cl2SiZr. The van der Waals surface area contributed by atoms with E-state index in [0.717, 1.165) is 15.9 Å². The first kappa shape index (κ1) is 29.5. The van der Waals surface area contributed by atoms with Crippen molar-refractivity contribution in [3.05, 3.63) is 52.1 Å². The molecule has 1 aromatic carbocycles. The van der Waals surface area contributed by atoms with Gasteiger partial charge in [0.15, 0.2) is 0 Å². The predicted octanol–water partition coefficient (Wildman–Crippen LogP) is 5.70. The molecule has 4 heteroatoms. The van der Waals surface area contributed by atoms with E-state index in [-0.39, 0.29) is 51.0 Å². The molecule has 0 nitrogen and oxygen atoms in total. The molecule has 21 heavy (non-hydrogen) atoms. The maximum Gasteiger partial charge on any atom is 2.00 e. The van der Waals surface area contributed by atoms with Crippen molar-refractivity contribution in [1.82, 2.24) is 0 Å². The van der Waals surface area contributed by atoms with Crippen LogP contribution in [0.2, 0.25) is 13.1 Å². The molecule has 0 saturated heterocycles. The van der Waals surface area contributed by atoms with Crippen LogP contribution in [0.3, 0.4) is 0 Å². The fourth-order valence-electron chi connectivity index (χ4n) is 1.65. The minimum atomic E-state index is 0. The molecule has 0 heterocycles.